The maximum absolute atomic E-state index is 12.8. The molecular formula is C21H29N3O3S. The van der Waals surface area contributed by atoms with Crippen molar-refractivity contribution >= 4 is 34.9 Å². The van der Waals surface area contributed by atoms with Crippen LogP contribution < -0.4 is 0 Å². The molecule has 6 nitrogen and oxygen atoms in total. The number of imide groups is 1. The van der Waals surface area contributed by atoms with Gasteiger partial charge in [-0.3, -0.25) is 19.3 Å². The Morgan fingerprint density at radius 2 is 1.79 bits per heavy atom. The number of hydrogen-bond donors (Lipinski definition) is 0. The molecule has 0 N–H and O–H groups in total. The Bertz CT molecular complexity index is 817. The Hall–Kier alpha value is -2.02. The minimum Gasteiger partial charge on any atom is -0.346 e. The Morgan fingerprint density at radius 3 is 2.36 bits per heavy atom. The van der Waals surface area contributed by atoms with Gasteiger partial charge in [0, 0.05) is 30.5 Å². The molecule has 2 saturated heterocycles. The first kappa shape index (κ1) is 20.7. The van der Waals surface area contributed by atoms with Gasteiger partial charge < -0.3 is 9.47 Å². The number of likely N-dealkylation sites (tertiary alicyclic amines) is 1. The zero-order valence-electron chi connectivity index (χ0n) is 17.2. The average molecular weight is 404 g/mol. The summed E-state index contributed by atoms with van der Waals surface area (Å²) in [5.74, 6) is -0.504. The van der Waals surface area contributed by atoms with E-state index in [1.54, 1.807) is 11.0 Å². The lowest BCUT2D eigenvalue weighted by Crippen LogP contribution is -2.42. The van der Waals surface area contributed by atoms with E-state index in [9.17, 15) is 14.4 Å². The first-order valence-corrected chi connectivity index (χ1v) is 10.8. The standard InChI is InChI=1S/C21H29N3O3S/c1-14(2)24-15(3)11-17(16(24)4)12-18-20(26)23(21(27)28-18)13-19(25)22-9-7-5-6-8-10-22/h11-12,14H,5-10,13H2,1-4H3. The van der Waals surface area contributed by atoms with Crippen LogP contribution in [0, 0.1) is 13.8 Å². The summed E-state index contributed by atoms with van der Waals surface area (Å²) >= 11 is 0.920. The minimum atomic E-state index is -0.368. The van der Waals surface area contributed by atoms with Crippen LogP contribution in [0.25, 0.3) is 6.08 Å². The van der Waals surface area contributed by atoms with E-state index in [1.165, 1.54) is 0 Å². The summed E-state index contributed by atoms with van der Waals surface area (Å²) in [5.41, 5.74) is 3.13. The number of hydrogen-bond acceptors (Lipinski definition) is 4. The average Bonchev–Trinajstić information content (AvgIpc) is 2.93. The van der Waals surface area contributed by atoms with Crippen LogP contribution in [-0.2, 0) is 9.59 Å². The first-order valence-electron chi connectivity index (χ1n) is 10.0. The molecule has 1 aromatic rings. The van der Waals surface area contributed by atoms with Gasteiger partial charge in [-0.05, 0) is 70.0 Å². The molecule has 3 amide bonds. The predicted molar refractivity (Wildman–Crippen MR) is 112 cm³/mol. The van der Waals surface area contributed by atoms with Crippen LogP contribution in [0.1, 0.15) is 62.5 Å². The fraction of sp³-hybridized carbons (Fsp3) is 0.571. The van der Waals surface area contributed by atoms with Gasteiger partial charge in [0.25, 0.3) is 11.1 Å². The van der Waals surface area contributed by atoms with Crippen LogP contribution in [0.15, 0.2) is 11.0 Å². The molecule has 0 aliphatic carbocycles. The number of carbonyl (C=O) groups is 3. The molecule has 3 rings (SSSR count). The highest BCUT2D eigenvalue weighted by atomic mass is 32.2. The molecule has 28 heavy (non-hydrogen) atoms. The van der Waals surface area contributed by atoms with Crippen molar-refractivity contribution in [1.82, 2.24) is 14.4 Å². The molecule has 3 heterocycles. The van der Waals surface area contributed by atoms with Crippen LogP contribution in [0.2, 0.25) is 0 Å². The lowest BCUT2D eigenvalue weighted by Gasteiger charge is -2.22. The summed E-state index contributed by atoms with van der Waals surface area (Å²) in [5, 5.41) is -0.364. The quantitative estimate of drug-likeness (QED) is 0.710. The van der Waals surface area contributed by atoms with Crippen molar-refractivity contribution in [1.29, 1.82) is 0 Å². The monoisotopic (exact) mass is 403 g/mol. The van der Waals surface area contributed by atoms with Crippen LogP contribution in [0.5, 0.6) is 0 Å². The maximum atomic E-state index is 12.8. The zero-order valence-corrected chi connectivity index (χ0v) is 18.0. The lowest BCUT2D eigenvalue weighted by atomic mass is 10.2. The predicted octanol–water partition coefficient (Wildman–Crippen LogP) is 4.12. The summed E-state index contributed by atoms with van der Waals surface area (Å²) < 4.78 is 2.21. The molecule has 1 aromatic heterocycles. The highest BCUT2D eigenvalue weighted by Crippen LogP contribution is 2.33. The number of rotatable bonds is 4. The Labute approximate surface area is 170 Å². The summed E-state index contributed by atoms with van der Waals surface area (Å²) in [7, 11) is 0. The Balaban J connectivity index is 1.75. The van der Waals surface area contributed by atoms with Gasteiger partial charge in [0.1, 0.15) is 6.54 Å². The number of aryl methyl sites for hydroxylation is 1. The molecule has 0 unspecified atom stereocenters. The zero-order chi connectivity index (χ0) is 20.4. The fourth-order valence-electron chi connectivity index (χ4n) is 4.08. The van der Waals surface area contributed by atoms with Gasteiger partial charge in [-0.15, -0.1) is 0 Å². The molecule has 0 saturated carbocycles. The van der Waals surface area contributed by atoms with Crippen molar-refractivity contribution in [2.75, 3.05) is 19.6 Å². The van der Waals surface area contributed by atoms with E-state index >= 15 is 0 Å². The van der Waals surface area contributed by atoms with Gasteiger partial charge in [0.15, 0.2) is 0 Å². The number of thioether (sulfide) groups is 1. The molecule has 152 valence electrons. The van der Waals surface area contributed by atoms with E-state index in [2.05, 4.69) is 18.4 Å². The molecule has 7 heteroatoms. The minimum absolute atomic E-state index is 0.136. The molecule has 0 aromatic carbocycles. The van der Waals surface area contributed by atoms with Gasteiger partial charge in [0.05, 0.1) is 4.91 Å². The third kappa shape index (κ3) is 4.19. The van der Waals surface area contributed by atoms with Gasteiger partial charge in [0.2, 0.25) is 5.91 Å². The SMILES string of the molecule is Cc1cc(C=C2SC(=O)N(CC(=O)N3CCCCCC3)C2=O)c(C)n1C(C)C. The van der Waals surface area contributed by atoms with Crippen molar-refractivity contribution in [2.24, 2.45) is 0 Å². The summed E-state index contributed by atoms with van der Waals surface area (Å²) in [6.07, 6.45) is 6.01. The second-order valence-electron chi connectivity index (χ2n) is 7.85. The van der Waals surface area contributed by atoms with E-state index in [0.29, 0.717) is 24.0 Å². The van der Waals surface area contributed by atoms with E-state index in [0.717, 1.165) is 59.3 Å². The van der Waals surface area contributed by atoms with Crippen LogP contribution in [-0.4, -0.2) is 51.1 Å². The van der Waals surface area contributed by atoms with Gasteiger partial charge >= 0.3 is 0 Å². The molecule has 0 radical (unpaired) electrons. The fourth-order valence-corrected chi connectivity index (χ4v) is 4.91. The molecule has 2 aliphatic rings. The molecular weight excluding hydrogens is 374 g/mol. The first-order chi connectivity index (χ1) is 13.3. The van der Waals surface area contributed by atoms with Gasteiger partial charge in [-0.25, -0.2) is 0 Å². The Kier molecular flexibility index (Phi) is 6.33. The third-order valence-electron chi connectivity index (χ3n) is 5.45. The lowest BCUT2D eigenvalue weighted by molar-refractivity contribution is -0.135. The van der Waals surface area contributed by atoms with Crippen molar-refractivity contribution in [3.8, 4) is 0 Å². The van der Waals surface area contributed by atoms with Crippen molar-refractivity contribution in [3.63, 3.8) is 0 Å². The largest absolute Gasteiger partial charge is 0.346 e. The van der Waals surface area contributed by atoms with E-state index in [4.69, 9.17) is 0 Å². The van der Waals surface area contributed by atoms with Crippen LogP contribution in [0.3, 0.4) is 0 Å². The van der Waals surface area contributed by atoms with Crippen LogP contribution in [0.4, 0.5) is 4.79 Å². The van der Waals surface area contributed by atoms with E-state index in [1.807, 2.05) is 19.9 Å². The number of aromatic nitrogens is 1. The van der Waals surface area contributed by atoms with Crippen molar-refractivity contribution < 1.29 is 14.4 Å². The highest BCUT2D eigenvalue weighted by molar-refractivity contribution is 8.18. The highest BCUT2D eigenvalue weighted by Gasteiger charge is 2.37. The van der Waals surface area contributed by atoms with Crippen molar-refractivity contribution in [2.45, 2.75) is 59.4 Å². The number of carbonyl (C=O) groups excluding carboxylic acids is 3. The maximum Gasteiger partial charge on any atom is 0.294 e. The molecule has 0 atom stereocenters. The molecule has 2 aliphatic heterocycles. The summed E-state index contributed by atoms with van der Waals surface area (Å²) in [6, 6.07) is 2.36. The molecule has 2 fully saturated rings. The second kappa shape index (κ2) is 8.55. The normalized spacial score (nSPS) is 19.8. The number of nitrogens with zero attached hydrogens (tertiary/aromatic N) is 3. The number of amides is 3. The van der Waals surface area contributed by atoms with Crippen LogP contribution >= 0.6 is 11.8 Å². The second-order valence-corrected chi connectivity index (χ2v) is 8.85. The van der Waals surface area contributed by atoms with Crippen molar-refractivity contribution in [3.05, 3.63) is 27.9 Å². The Morgan fingerprint density at radius 1 is 1.14 bits per heavy atom. The van der Waals surface area contributed by atoms with Gasteiger partial charge in [-0.2, -0.15) is 0 Å². The summed E-state index contributed by atoms with van der Waals surface area (Å²) in [6.45, 7) is 9.56. The molecule has 0 spiro atoms. The van der Waals surface area contributed by atoms with E-state index in [-0.39, 0.29) is 23.6 Å². The third-order valence-corrected chi connectivity index (χ3v) is 6.36. The van der Waals surface area contributed by atoms with E-state index < -0.39 is 0 Å². The van der Waals surface area contributed by atoms with Gasteiger partial charge in [-0.1, -0.05) is 12.8 Å². The smallest absolute Gasteiger partial charge is 0.294 e. The molecule has 0 bridgehead atoms. The topological polar surface area (TPSA) is 62.6 Å². The summed E-state index contributed by atoms with van der Waals surface area (Å²) in [4.78, 5) is 41.0.